The molecule has 0 spiro atoms. The number of aryl methyl sites for hydroxylation is 2. The Labute approximate surface area is 237 Å². The lowest BCUT2D eigenvalue weighted by Crippen LogP contribution is -2.32. The Morgan fingerprint density at radius 2 is 1.90 bits per heavy atom. The number of anilines is 2. The SMILES string of the molecule is Cc1cc(Nc2cc(OC3CCCCC3)ccn2)nc(-c2cnc(C3(O)CCCc4cc(C(=O)O)ccc43)s2)c1. The van der Waals surface area contributed by atoms with E-state index in [1.165, 1.54) is 30.6 Å². The number of carboxylic acids is 1. The quantitative estimate of drug-likeness (QED) is 0.232. The van der Waals surface area contributed by atoms with E-state index >= 15 is 0 Å². The molecule has 1 unspecified atom stereocenters. The van der Waals surface area contributed by atoms with Gasteiger partial charge in [-0.25, -0.2) is 19.7 Å². The summed E-state index contributed by atoms with van der Waals surface area (Å²) in [5.74, 6) is 1.16. The molecule has 0 aliphatic heterocycles. The van der Waals surface area contributed by atoms with Crippen molar-refractivity contribution in [3.8, 4) is 16.3 Å². The fraction of sp³-hybridized carbons (Fsp3) is 0.355. The van der Waals surface area contributed by atoms with Crippen LogP contribution >= 0.6 is 11.3 Å². The molecule has 1 aromatic carbocycles. The average molecular weight is 557 g/mol. The van der Waals surface area contributed by atoms with Gasteiger partial charge in [-0.05, 0) is 98.9 Å². The van der Waals surface area contributed by atoms with E-state index in [1.54, 1.807) is 30.6 Å². The zero-order valence-electron chi connectivity index (χ0n) is 22.4. The summed E-state index contributed by atoms with van der Waals surface area (Å²) in [7, 11) is 0. The fourth-order valence-corrected chi connectivity index (χ4v) is 6.74. The number of benzene rings is 1. The van der Waals surface area contributed by atoms with Gasteiger partial charge in [-0.1, -0.05) is 12.5 Å². The van der Waals surface area contributed by atoms with E-state index in [4.69, 9.17) is 9.72 Å². The van der Waals surface area contributed by atoms with Crippen LogP contribution in [-0.2, 0) is 12.0 Å². The monoisotopic (exact) mass is 556 g/mol. The molecule has 1 fully saturated rings. The number of rotatable bonds is 7. The fourth-order valence-electron chi connectivity index (χ4n) is 5.73. The number of nitrogens with zero attached hydrogens (tertiary/aromatic N) is 3. The summed E-state index contributed by atoms with van der Waals surface area (Å²) in [5, 5.41) is 25.1. The number of aromatic nitrogens is 3. The molecule has 0 bridgehead atoms. The Morgan fingerprint density at radius 1 is 1.05 bits per heavy atom. The number of hydrogen-bond acceptors (Lipinski definition) is 8. The Hall–Kier alpha value is -3.82. The van der Waals surface area contributed by atoms with Crippen LogP contribution < -0.4 is 10.1 Å². The number of thiazole rings is 1. The van der Waals surface area contributed by atoms with Crippen molar-refractivity contribution in [3.63, 3.8) is 0 Å². The molecule has 3 aromatic heterocycles. The molecule has 1 saturated carbocycles. The van der Waals surface area contributed by atoms with Crippen molar-refractivity contribution in [1.29, 1.82) is 0 Å². The standard InChI is InChI=1S/C31H32N4O4S/c1-19-14-25(34-28(15-19)35-27-17-23(11-13-32-27)39-22-7-3-2-4-8-22)26-18-33-30(40-26)31(38)12-5-6-20-16-21(29(36)37)9-10-24(20)31/h9-11,13-18,22,38H,2-8,12H2,1H3,(H,36,37)(H,32,34,35). The van der Waals surface area contributed by atoms with Crippen LogP contribution in [0.25, 0.3) is 10.6 Å². The van der Waals surface area contributed by atoms with Crippen molar-refractivity contribution in [1.82, 2.24) is 15.0 Å². The predicted molar refractivity (Wildman–Crippen MR) is 154 cm³/mol. The van der Waals surface area contributed by atoms with E-state index in [2.05, 4.69) is 15.3 Å². The first-order chi connectivity index (χ1) is 19.4. The molecular formula is C31H32N4O4S. The lowest BCUT2D eigenvalue weighted by atomic mass is 9.79. The van der Waals surface area contributed by atoms with E-state index < -0.39 is 11.6 Å². The second kappa shape index (κ2) is 11.0. The highest BCUT2D eigenvalue weighted by molar-refractivity contribution is 7.15. The van der Waals surface area contributed by atoms with E-state index in [1.807, 2.05) is 31.2 Å². The van der Waals surface area contributed by atoms with Gasteiger partial charge in [-0.3, -0.25) is 0 Å². The number of carboxylic acid groups (broad SMARTS) is 1. The van der Waals surface area contributed by atoms with Gasteiger partial charge in [0.1, 0.15) is 28.0 Å². The van der Waals surface area contributed by atoms with Gasteiger partial charge < -0.3 is 20.3 Å². The highest BCUT2D eigenvalue weighted by Crippen LogP contribution is 2.43. The van der Waals surface area contributed by atoms with Crippen LogP contribution in [0, 0.1) is 6.92 Å². The van der Waals surface area contributed by atoms with Gasteiger partial charge in [-0.15, -0.1) is 11.3 Å². The highest BCUT2D eigenvalue weighted by Gasteiger charge is 2.39. The van der Waals surface area contributed by atoms with Gasteiger partial charge in [0.25, 0.3) is 0 Å². The number of ether oxygens (including phenoxy) is 1. The van der Waals surface area contributed by atoms with Gasteiger partial charge in [0, 0.05) is 18.5 Å². The first-order valence-electron chi connectivity index (χ1n) is 13.8. The second-order valence-electron chi connectivity index (χ2n) is 10.7. The third-order valence-electron chi connectivity index (χ3n) is 7.71. The molecule has 0 amide bonds. The molecule has 2 aliphatic rings. The van der Waals surface area contributed by atoms with Crippen molar-refractivity contribution in [2.45, 2.75) is 70.0 Å². The van der Waals surface area contributed by atoms with Gasteiger partial charge in [0.15, 0.2) is 0 Å². The van der Waals surface area contributed by atoms with Gasteiger partial charge >= 0.3 is 5.97 Å². The van der Waals surface area contributed by atoms with Crippen LogP contribution in [0.3, 0.4) is 0 Å². The van der Waals surface area contributed by atoms with Crippen LogP contribution in [0.1, 0.15) is 77.0 Å². The van der Waals surface area contributed by atoms with Crippen molar-refractivity contribution >= 4 is 28.9 Å². The molecular weight excluding hydrogens is 524 g/mol. The molecule has 3 heterocycles. The molecule has 0 radical (unpaired) electrons. The number of aromatic carboxylic acids is 1. The van der Waals surface area contributed by atoms with E-state index in [0.717, 1.165) is 58.7 Å². The lowest BCUT2D eigenvalue weighted by Gasteiger charge is -2.33. The van der Waals surface area contributed by atoms with E-state index in [0.29, 0.717) is 23.1 Å². The maximum atomic E-state index is 11.8. The molecule has 4 aromatic rings. The summed E-state index contributed by atoms with van der Waals surface area (Å²) < 4.78 is 6.20. The molecule has 40 heavy (non-hydrogen) atoms. The first-order valence-corrected chi connectivity index (χ1v) is 14.6. The summed E-state index contributed by atoms with van der Waals surface area (Å²) >= 11 is 1.41. The summed E-state index contributed by atoms with van der Waals surface area (Å²) in [5.41, 5.74) is 2.33. The summed E-state index contributed by atoms with van der Waals surface area (Å²) in [6.07, 6.45) is 11.7. The highest BCUT2D eigenvalue weighted by atomic mass is 32.1. The minimum Gasteiger partial charge on any atom is -0.490 e. The third-order valence-corrected chi connectivity index (χ3v) is 8.88. The van der Waals surface area contributed by atoms with Crippen molar-refractivity contribution in [2.75, 3.05) is 5.32 Å². The van der Waals surface area contributed by atoms with Crippen molar-refractivity contribution in [3.05, 3.63) is 82.1 Å². The normalized spacial score (nSPS) is 19.1. The van der Waals surface area contributed by atoms with Gasteiger partial charge in [0.05, 0.1) is 22.2 Å². The molecule has 8 nitrogen and oxygen atoms in total. The maximum absolute atomic E-state index is 11.8. The molecule has 206 valence electrons. The second-order valence-corrected chi connectivity index (χ2v) is 11.7. The van der Waals surface area contributed by atoms with Gasteiger partial charge in [-0.2, -0.15) is 0 Å². The summed E-state index contributed by atoms with van der Waals surface area (Å²) in [6.45, 7) is 2.01. The molecule has 9 heteroatoms. The average Bonchev–Trinajstić information content (AvgIpc) is 3.45. The number of carbonyl (C=O) groups is 1. The molecule has 2 aliphatic carbocycles. The van der Waals surface area contributed by atoms with Crippen molar-refractivity contribution < 1.29 is 19.7 Å². The Balaban J connectivity index is 1.24. The minimum absolute atomic E-state index is 0.229. The third kappa shape index (κ3) is 5.44. The van der Waals surface area contributed by atoms with Crippen LogP contribution in [0.15, 0.2) is 54.9 Å². The van der Waals surface area contributed by atoms with Crippen LogP contribution in [0.2, 0.25) is 0 Å². The number of fused-ring (bicyclic) bond motifs is 1. The Bertz CT molecular complexity index is 1550. The Kier molecular flexibility index (Phi) is 7.25. The molecule has 3 N–H and O–H groups in total. The van der Waals surface area contributed by atoms with E-state index in [9.17, 15) is 15.0 Å². The molecule has 0 saturated heterocycles. The predicted octanol–water partition coefficient (Wildman–Crippen LogP) is 6.63. The number of aliphatic hydroxyl groups is 1. The van der Waals surface area contributed by atoms with Crippen LogP contribution in [-0.4, -0.2) is 37.2 Å². The molecule has 6 rings (SSSR count). The number of pyridine rings is 2. The first kappa shape index (κ1) is 26.4. The van der Waals surface area contributed by atoms with Gasteiger partial charge in [0.2, 0.25) is 0 Å². The van der Waals surface area contributed by atoms with E-state index in [-0.39, 0.29) is 11.7 Å². The Morgan fingerprint density at radius 3 is 2.73 bits per heavy atom. The zero-order chi connectivity index (χ0) is 27.7. The summed E-state index contributed by atoms with van der Waals surface area (Å²) in [6, 6.07) is 12.7. The van der Waals surface area contributed by atoms with Crippen molar-refractivity contribution in [2.24, 2.45) is 0 Å². The maximum Gasteiger partial charge on any atom is 0.335 e. The lowest BCUT2D eigenvalue weighted by molar-refractivity contribution is 0.0607. The van der Waals surface area contributed by atoms with Crippen LogP contribution in [0.4, 0.5) is 11.6 Å². The smallest absolute Gasteiger partial charge is 0.335 e. The number of hydrogen-bond donors (Lipinski definition) is 3. The molecule has 1 atom stereocenters. The summed E-state index contributed by atoms with van der Waals surface area (Å²) in [4.78, 5) is 26.2. The van der Waals surface area contributed by atoms with Crippen LogP contribution in [0.5, 0.6) is 5.75 Å². The topological polar surface area (TPSA) is 117 Å². The zero-order valence-corrected chi connectivity index (χ0v) is 23.2. The minimum atomic E-state index is -1.26. The largest absolute Gasteiger partial charge is 0.490 e. The number of nitrogens with one attached hydrogen (secondary N) is 1.